The molecule has 0 N–H and O–H groups in total. The van der Waals surface area contributed by atoms with Gasteiger partial charge in [-0.15, -0.1) is 0 Å². The Bertz CT molecular complexity index is 404. The summed E-state index contributed by atoms with van der Waals surface area (Å²) >= 11 is 0. The standard InChI is InChI=1S/C16H22/c1-3-12-6-4-7-14-13(12)9-11-16(2)10-5-8-15(14)16/h4,6-7,15H,3,5,8-11H2,1-2H3/t15-,16+/m0/s1. The van der Waals surface area contributed by atoms with E-state index in [1.165, 1.54) is 38.5 Å². The first kappa shape index (κ1) is 10.4. The minimum absolute atomic E-state index is 0.624. The third kappa shape index (κ3) is 1.35. The Hall–Kier alpha value is -0.780. The Morgan fingerprint density at radius 1 is 1.31 bits per heavy atom. The number of hydrogen-bond acceptors (Lipinski definition) is 0. The van der Waals surface area contributed by atoms with Gasteiger partial charge in [-0.3, -0.25) is 0 Å². The Morgan fingerprint density at radius 2 is 2.19 bits per heavy atom. The molecule has 0 aromatic heterocycles. The van der Waals surface area contributed by atoms with E-state index in [1.807, 2.05) is 0 Å². The van der Waals surface area contributed by atoms with Crippen molar-refractivity contribution in [3.63, 3.8) is 0 Å². The topological polar surface area (TPSA) is 0 Å². The van der Waals surface area contributed by atoms with E-state index in [0.29, 0.717) is 5.41 Å². The van der Waals surface area contributed by atoms with Crippen molar-refractivity contribution in [1.29, 1.82) is 0 Å². The average Bonchev–Trinajstić information content (AvgIpc) is 2.70. The molecule has 0 unspecified atom stereocenters. The van der Waals surface area contributed by atoms with Gasteiger partial charge in [-0.1, -0.05) is 38.5 Å². The lowest BCUT2D eigenvalue weighted by Crippen LogP contribution is -2.27. The molecule has 1 saturated carbocycles. The van der Waals surface area contributed by atoms with Crippen LogP contribution in [0.15, 0.2) is 18.2 Å². The van der Waals surface area contributed by atoms with E-state index in [2.05, 4.69) is 32.0 Å². The van der Waals surface area contributed by atoms with Crippen LogP contribution in [0.1, 0.15) is 62.1 Å². The molecule has 16 heavy (non-hydrogen) atoms. The first-order chi connectivity index (χ1) is 7.74. The molecule has 0 aliphatic heterocycles. The largest absolute Gasteiger partial charge is 0.0617 e. The first-order valence-electron chi connectivity index (χ1n) is 6.85. The van der Waals surface area contributed by atoms with Gasteiger partial charge in [-0.25, -0.2) is 0 Å². The van der Waals surface area contributed by atoms with Gasteiger partial charge in [0.25, 0.3) is 0 Å². The van der Waals surface area contributed by atoms with Gasteiger partial charge in [0, 0.05) is 0 Å². The van der Waals surface area contributed by atoms with E-state index in [0.717, 1.165) is 5.92 Å². The summed E-state index contributed by atoms with van der Waals surface area (Å²) < 4.78 is 0. The summed E-state index contributed by atoms with van der Waals surface area (Å²) in [7, 11) is 0. The van der Waals surface area contributed by atoms with Gasteiger partial charge in [-0.2, -0.15) is 0 Å². The van der Waals surface area contributed by atoms with E-state index >= 15 is 0 Å². The molecule has 0 nitrogen and oxygen atoms in total. The van der Waals surface area contributed by atoms with Crippen molar-refractivity contribution >= 4 is 0 Å². The van der Waals surface area contributed by atoms with E-state index < -0.39 is 0 Å². The minimum Gasteiger partial charge on any atom is -0.0617 e. The SMILES string of the molecule is CCc1cccc2c1CC[C@@]1(C)CCC[C@@H]21. The van der Waals surface area contributed by atoms with Crippen LogP contribution < -0.4 is 0 Å². The zero-order chi connectivity index (χ0) is 11.2. The van der Waals surface area contributed by atoms with Crippen LogP contribution in [0.5, 0.6) is 0 Å². The summed E-state index contributed by atoms with van der Waals surface area (Å²) in [6.07, 6.45) is 8.27. The highest BCUT2D eigenvalue weighted by molar-refractivity contribution is 5.41. The van der Waals surface area contributed by atoms with Crippen LogP contribution in [0.25, 0.3) is 0 Å². The van der Waals surface area contributed by atoms with Crippen LogP contribution in [-0.4, -0.2) is 0 Å². The van der Waals surface area contributed by atoms with Crippen molar-refractivity contribution in [3.05, 3.63) is 34.9 Å². The zero-order valence-corrected chi connectivity index (χ0v) is 10.6. The summed E-state index contributed by atoms with van der Waals surface area (Å²) in [5, 5.41) is 0. The summed E-state index contributed by atoms with van der Waals surface area (Å²) in [6, 6.07) is 7.01. The fourth-order valence-electron chi connectivity index (χ4n) is 4.09. The van der Waals surface area contributed by atoms with Gasteiger partial charge in [0.2, 0.25) is 0 Å². The van der Waals surface area contributed by atoms with Gasteiger partial charge in [0.05, 0.1) is 0 Å². The Morgan fingerprint density at radius 3 is 3.00 bits per heavy atom. The van der Waals surface area contributed by atoms with E-state index in [4.69, 9.17) is 0 Å². The quantitative estimate of drug-likeness (QED) is 0.647. The molecular weight excluding hydrogens is 192 g/mol. The number of rotatable bonds is 1. The molecule has 2 aliphatic carbocycles. The highest BCUT2D eigenvalue weighted by Gasteiger charge is 2.42. The highest BCUT2D eigenvalue weighted by atomic mass is 14.5. The van der Waals surface area contributed by atoms with Crippen LogP contribution >= 0.6 is 0 Å². The van der Waals surface area contributed by atoms with Crippen LogP contribution in [0, 0.1) is 5.41 Å². The van der Waals surface area contributed by atoms with Crippen LogP contribution in [0.3, 0.4) is 0 Å². The summed E-state index contributed by atoms with van der Waals surface area (Å²) in [6.45, 7) is 4.81. The van der Waals surface area contributed by atoms with Crippen molar-refractivity contribution in [2.75, 3.05) is 0 Å². The molecule has 0 amide bonds. The Kier molecular flexibility index (Phi) is 2.34. The summed E-state index contributed by atoms with van der Waals surface area (Å²) in [4.78, 5) is 0. The van der Waals surface area contributed by atoms with Crippen molar-refractivity contribution < 1.29 is 0 Å². The molecule has 2 atom stereocenters. The molecule has 3 rings (SSSR count). The number of hydrogen-bond donors (Lipinski definition) is 0. The zero-order valence-electron chi connectivity index (χ0n) is 10.6. The Labute approximate surface area is 99.1 Å². The average molecular weight is 214 g/mol. The van der Waals surface area contributed by atoms with E-state index in [9.17, 15) is 0 Å². The molecule has 0 heteroatoms. The lowest BCUT2D eigenvalue weighted by molar-refractivity contribution is 0.252. The van der Waals surface area contributed by atoms with Crippen molar-refractivity contribution in [1.82, 2.24) is 0 Å². The monoisotopic (exact) mass is 214 g/mol. The number of aryl methyl sites for hydroxylation is 1. The molecule has 0 saturated heterocycles. The predicted octanol–water partition coefficient (Wildman–Crippen LogP) is 4.47. The van der Waals surface area contributed by atoms with Crippen molar-refractivity contribution in [2.45, 2.75) is 58.3 Å². The summed E-state index contributed by atoms with van der Waals surface area (Å²) in [5.74, 6) is 0.864. The minimum atomic E-state index is 0.624. The second kappa shape index (κ2) is 3.61. The highest BCUT2D eigenvalue weighted by Crippen LogP contribution is 2.55. The van der Waals surface area contributed by atoms with Gasteiger partial charge < -0.3 is 0 Å². The molecule has 2 aliphatic rings. The van der Waals surface area contributed by atoms with Gasteiger partial charge in [0.1, 0.15) is 0 Å². The molecule has 86 valence electrons. The van der Waals surface area contributed by atoms with E-state index in [1.54, 1.807) is 16.7 Å². The normalized spacial score (nSPS) is 32.2. The van der Waals surface area contributed by atoms with Crippen molar-refractivity contribution in [2.24, 2.45) is 5.41 Å². The first-order valence-corrected chi connectivity index (χ1v) is 6.85. The van der Waals surface area contributed by atoms with Crippen LogP contribution in [-0.2, 0) is 12.8 Å². The third-order valence-corrected chi connectivity index (χ3v) is 5.09. The van der Waals surface area contributed by atoms with Gasteiger partial charge in [0.15, 0.2) is 0 Å². The second-order valence-electron chi connectivity index (χ2n) is 5.94. The maximum absolute atomic E-state index is 2.52. The summed E-state index contributed by atoms with van der Waals surface area (Å²) in [5.41, 5.74) is 5.63. The fraction of sp³-hybridized carbons (Fsp3) is 0.625. The lowest BCUT2D eigenvalue weighted by Gasteiger charge is -2.38. The molecule has 0 spiro atoms. The predicted molar refractivity (Wildman–Crippen MR) is 68.8 cm³/mol. The lowest BCUT2D eigenvalue weighted by atomic mass is 9.66. The van der Waals surface area contributed by atoms with Crippen LogP contribution in [0.2, 0.25) is 0 Å². The molecule has 1 fully saturated rings. The molecule has 0 heterocycles. The van der Waals surface area contributed by atoms with Gasteiger partial charge in [-0.05, 0) is 60.1 Å². The Balaban J connectivity index is 2.10. The van der Waals surface area contributed by atoms with E-state index in [-0.39, 0.29) is 0 Å². The molecule has 1 aromatic rings. The second-order valence-corrected chi connectivity index (χ2v) is 5.94. The maximum Gasteiger partial charge on any atom is -0.0105 e. The molecular formula is C16H22. The molecule has 0 bridgehead atoms. The number of fused-ring (bicyclic) bond motifs is 3. The maximum atomic E-state index is 2.52. The number of benzene rings is 1. The molecule has 1 aromatic carbocycles. The van der Waals surface area contributed by atoms with Gasteiger partial charge >= 0.3 is 0 Å². The van der Waals surface area contributed by atoms with Crippen LogP contribution in [0.4, 0.5) is 0 Å². The third-order valence-electron chi connectivity index (χ3n) is 5.09. The van der Waals surface area contributed by atoms with Crippen molar-refractivity contribution in [3.8, 4) is 0 Å². The fourth-order valence-corrected chi connectivity index (χ4v) is 4.09. The smallest absolute Gasteiger partial charge is 0.0105 e. The molecule has 0 radical (unpaired) electrons.